The second kappa shape index (κ2) is 9.19. The van der Waals surface area contributed by atoms with E-state index in [-0.39, 0.29) is 17.0 Å². The second-order valence-electron chi connectivity index (χ2n) is 7.50. The molecule has 0 saturated heterocycles. The maximum Gasteiger partial charge on any atom is 0.341 e. The van der Waals surface area contributed by atoms with Crippen LogP contribution in [0, 0.1) is 5.82 Å². The highest BCUT2D eigenvalue weighted by Gasteiger charge is 2.27. The molecule has 0 spiro atoms. The van der Waals surface area contributed by atoms with Gasteiger partial charge in [-0.3, -0.25) is 4.79 Å². The summed E-state index contributed by atoms with van der Waals surface area (Å²) in [5, 5.41) is 12.5. The van der Waals surface area contributed by atoms with E-state index >= 15 is 0 Å². The molecular formula is C21H28FN3O3. The molecule has 3 rings (SSSR count). The Morgan fingerprint density at radius 2 is 1.86 bits per heavy atom. The number of nitrogens with zero attached hydrogens (tertiary/aromatic N) is 1. The summed E-state index contributed by atoms with van der Waals surface area (Å²) in [4.78, 5) is 23.8. The van der Waals surface area contributed by atoms with E-state index in [1.807, 2.05) is 4.57 Å². The van der Waals surface area contributed by atoms with Crippen LogP contribution in [0.15, 0.2) is 23.1 Å². The Kier molecular flexibility index (Phi) is 6.67. The number of benzene rings is 1. The van der Waals surface area contributed by atoms with Crippen molar-refractivity contribution in [1.29, 1.82) is 0 Å². The van der Waals surface area contributed by atoms with Crippen LogP contribution in [0.25, 0.3) is 10.9 Å². The molecule has 0 unspecified atom stereocenters. The molecule has 0 aliphatic heterocycles. The summed E-state index contributed by atoms with van der Waals surface area (Å²) < 4.78 is 16.3. The van der Waals surface area contributed by atoms with E-state index in [1.54, 1.807) is 6.07 Å². The van der Waals surface area contributed by atoms with E-state index in [9.17, 15) is 19.1 Å². The summed E-state index contributed by atoms with van der Waals surface area (Å²) in [6.45, 7) is 1.39. The first kappa shape index (κ1) is 20.3. The lowest BCUT2D eigenvalue weighted by molar-refractivity contribution is 0.0695. The fourth-order valence-corrected chi connectivity index (χ4v) is 3.51. The van der Waals surface area contributed by atoms with Gasteiger partial charge in [-0.25, -0.2) is 9.18 Å². The number of rotatable bonds is 11. The lowest BCUT2D eigenvalue weighted by Gasteiger charge is -2.14. The van der Waals surface area contributed by atoms with Gasteiger partial charge in [-0.15, -0.1) is 0 Å². The first-order chi connectivity index (χ1) is 13.5. The Morgan fingerprint density at radius 3 is 2.50 bits per heavy atom. The number of pyridine rings is 1. The molecule has 0 radical (unpaired) electrons. The summed E-state index contributed by atoms with van der Waals surface area (Å²) in [5.41, 5.74) is 5.47. The molecule has 0 amide bonds. The van der Waals surface area contributed by atoms with Gasteiger partial charge in [-0.2, -0.15) is 0 Å². The molecule has 1 aromatic carbocycles. The third-order valence-electron chi connectivity index (χ3n) is 5.24. The van der Waals surface area contributed by atoms with Crippen LogP contribution < -0.4 is 16.5 Å². The van der Waals surface area contributed by atoms with Crippen LogP contribution in [0.3, 0.4) is 0 Å². The molecule has 1 heterocycles. The van der Waals surface area contributed by atoms with Crippen molar-refractivity contribution in [1.82, 2.24) is 4.57 Å². The number of nitrogens with one attached hydrogen (secondary N) is 1. The molecule has 4 N–H and O–H groups in total. The number of carbonyl (C=O) groups is 1. The number of aromatic carboxylic acids is 1. The number of hydrogen-bond acceptors (Lipinski definition) is 4. The first-order valence-electron chi connectivity index (χ1n) is 10.1. The highest BCUT2D eigenvalue weighted by molar-refractivity contribution is 5.93. The van der Waals surface area contributed by atoms with Gasteiger partial charge in [-0.1, -0.05) is 25.7 Å². The predicted molar refractivity (Wildman–Crippen MR) is 109 cm³/mol. The summed E-state index contributed by atoms with van der Waals surface area (Å²) in [6, 6.07) is 2.98. The first-order valence-corrected chi connectivity index (χ1v) is 10.1. The van der Waals surface area contributed by atoms with Gasteiger partial charge in [-0.05, 0) is 44.4 Å². The number of halogens is 1. The molecular weight excluding hydrogens is 361 g/mol. The molecule has 28 heavy (non-hydrogen) atoms. The van der Waals surface area contributed by atoms with Gasteiger partial charge in [0.25, 0.3) is 0 Å². The van der Waals surface area contributed by atoms with Gasteiger partial charge in [0, 0.05) is 24.2 Å². The van der Waals surface area contributed by atoms with Crippen LogP contribution in [0.2, 0.25) is 0 Å². The third kappa shape index (κ3) is 4.70. The number of aromatic nitrogens is 1. The molecule has 1 fully saturated rings. The van der Waals surface area contributed by atoms with Crippen molar-refractivity contribution in [2.45, 2.75) is 57.4 Å². The predicted octanol–water partition coefficient (Wildman–Crippen LogP) is 3.88. The van der Waals surface area contributed by atoms with E-state index < -0.39 is 17.2 Å². The zero-order chi connectivity index (χ0) is 20.1. The SMILES string of the molecule is NCCCCCCCCNc1cc2c(cc1F)c(=O)c(C(=O)O)cn2C1CC1. The van der Waals surface area contributed by atoms with Crippen molar-refractivity contribution in [3.05, 3.63) is 39.9 Å². The summed E-state index contributed by atoms with van der Waals surface area (Å²) in [6.07, 6.45) is 9.79. The normalized spacial score (nSPS) is 13.8. The number of carboxylic acids is 1. The fourth-order valence-electron chi connectivity index (χ4n) is 3.51. The second-order valence-corrected chi connectivity index (χ2v) is 7.50. The quantitative estimate of drug-likeness (QED) is 0.507. The average Bonchev–Trinajstić information content (AvgIpc) is 3.50. The molecule has 1 saturated carbocycles. The molecule has 1 aliphatic carbocycles. The highest BCUT2D eigenvalue weighted by atomic mass is 19.1. The van der Waals surface area contributed by atoms with Crippen molar-refractivity contribution in [2.75, 3.05) is 18.4 Å². The van der Waals surface area contributed by atoms with Crippen molar-refractivity contribution < 1.29 is 14.3 Å². The van der Waals surface area contributed by atoms with Gasteiger partial charge < -0.3 is 20.7 Å². The lowest BCUT2D eigenvalue weighted by Crippen LogP contribution is -2.19. The van der Waals surface area contributed by atoms with Crippen molar-refractivity contribution >= 4 is 22.6 Å². The summed E-state index contributed by atoms with van der Waals surface area (Å²) in [7, 11) is 0. The van der Waals surface area contributed by atoms with Gasteiger partial charge in [0.05, 0.1) is 11.2 Å². The number of carboxylic acid groups (broad SMARTS) is 1. The Hall–Kier alpha value is -2.41. The number of nitrogens with two attached hydrogens (primary N) is 1. The molecule has 1 aliphatic rings. The zero-order valence-corrected chi connectivity index (χ0v) is 16.0. The van der Waals surface area contributed by atoms with E-state index in [0.717, 1.165) is 57.6 Å². The Balaban J connectivity index is 1.73. The smallest absolute Gasteiger partial charge is 0.341 e. The molecule has 1 aromatic heterocycles. The molecule has 152 valence electrons. The van der Waals surface area contributed by atoms with Crippen molar-refractivity contribution in [2.24, 2.45) is 5.73 Å². The van der Waals surface area contributed by atoms with Gasteiger partial charge in [0.15, 0.2) is 0 Å². The third-order valence-corrected chi connectivity index (χ3v) is 5.24. The van der Waals surface area contributed by atoms with Gasteiger partial charge in [0.1, 0.15) is 11.4 Å². The Labute approximate surface area is 163 Å². The molecule has 6 nitrogen and oxygen atoms in total. The molecule has 0 atom stereocenters. The maximum absolute atomic E-state index is 14.5. The van der Waals surface area contributed by atoms with E-state index in [2.05, 4.69) is 5.32 Å². The van der Waals surface area contributed by atoms with Crippen molar-refractivity contribution in [3.63, 3.8) is 0 Å². The van der Waals surface area contributed by atoms with Crippen LogP contribution >= 0.6 is 0 Å². The average molecular weight is 389 g/mol. The standard InChI is InChI=1S/C21H28FN3O3/c22-17-11-15-19(12-18(17)24-10-6-4-2-1-3-5-9-23)25(14-7-8-14)13-16(20(15)26)21(27)28/h11-14,24H,1-10,23H2,(H,27,28). The molecule has 2 aromatic rings. The Bertz CT molecular complexity index is 906. The fraction of sp³-hybridized carbons (Fsp3) is 0.524. The minimum atomic E-state index is -1.28. The van der Waals surface area contributed by atoms with Gasteiger partial charge >= 0.3 is 5.97 Å². The molecule has 0 bridgehead atoms. The minimum Gasteiger partial charge on any atom is -0.477 e. The lowest BCUT2D eigenvalue weighted by atomic mass is 10.1. The zero-order valence-electron chi connectivity index (χ0n) is 16.0. The monoisotopic (exact) mass is 389 g/mol. The largest absolute Gasteiger partial charge is 0.477 e. The van der Waals surface area contributed by atoms with Gasteiger partial charge in [0.2, 0.25) is 5.43 Å². The van der Waals surface area contributed by atoms with Crippen LogP contribution in [-0.2, 0) is 0 Å². The van der Waals surface area contributed by atoms with Crippen LogP contribution in [-0.4, -0.2) is 28.7 Å². The van der Waals surface area contributed by atoms with E-state index in [4.69, 9.17) is 5.73 Å². The number of hydrogen-bond donors (Lipinski definition) is 3. The van der Waals surface area contributed by atoms with Crippen LogP contribution in [0.4, 0.5) is 10.1 Å². The van der Waals surface area contributed by atoms with Crippen LogP contribution in [0.5, 0.6) is 0 Å². The minimum absolute atomic E-state index is 0.120. The number of fused-ring (bicyclic) bond motifs is 1. The number of anilines is 1. The number of unbranched alkanes of at least 4 members (excludes halogenated alkanes) is 5. The van der Waals surface area contributed by atoms with E-state index in [1.165, 1.54) is 12.6 Å². The van der Waals surface area contributed by atoms with Crippen molar-refractivity contribution in [3.8, 4) is 0 Å². The Morgan fingerprint density at radius 1 is 1.18 bits per heavy atom. The van der Waals surface area contributed by atoms with E-state index in [0.29, 0.717) is 17.7 Å². The van der Waals surface area contributed by atoms with Crippen LogP contribution in [0.1, 0.15) is 67.8 Å². The molecule has 7 heteroatoms. The highest BCUT2D eigenvalue weighted by Crippen LogP contribution is 2.37. The summed E-state index contributed by atoms with van der Waals surface area (Å²) >= 11 is 0. The topological polar surface area (TPSA) is 97.3 Å². The maximum atomic E-state index is 14.5. The summed E-state index contributed by atoms with van der Waals surface area (Å²) in [5.74, 6) is -1.81.